The van der Waals surface area contributed by atoms with E-state index in [1.807, 2.05) is 13.0 Å². The molecule has 0 radical (unpaired) electrons. The predicted molar refractivity (Wildman–Crippen MR) is 103 cm³/mol. The summed E-state index contributed by atoms with van der Waals surface area (Å²) in [4.78, 5) is 37.2. The topological polar surface area (TPSA) is 99.1 Å². The van der Waals surface area contributed by atoms with Gasteiger partial charge in [0.25, 0.3) is 0 Å². The summed E-state index contributed by atoms with van der Waals surface area (Å²) in [6, 6.07) is 0. The standard InChI is InChI=1S/C22H30O7/c1-7-11(2)19(24)27-15-10-21(5,26)14-9-8-12(3)16(14)18-17(15)22(6,20(25)28-18)29-13(4)23/h7-8,14-18,26H,9-10H2,1-6H3/b11-7-/t14-,15+,16-,17-,18+,21-,22+/m1/s1. The number of carbonyl (C=O) groups excluding carboxylic acids is 3. The van der Waals surface area contributed by atoms with Gasteiger partial charge in [0.1, 0.15) is 12.2 Å². The van der Waals surface area contributed by atoms with Gasteiger partial charge in [0, 0.05) is 30.8 Å². The summed E-state index contributed by atoms with van der Waals surface area (Å²) in [5.74, 6) is -2.94. The van der Waals surface area contributed by atoms with Crippen molar-refractivity contribution in [3.63, 3.8) is 0 Å². The van der Waals surface area contributed by atoms with Gasteiger partial charge in [-0.3, -0.25) is 4.79 Å². The largest absolute Gasteiger partial charge is 0.458 e. The maximum absolute atomic E-state index is 12.9. The third-order valence-electron chi connectivity index (χ3n) is 6.83. The highest BCUT2D eigenvalue weighted by atomic mass is 16.6. The van der Waals surface area contributed by atoms with E-state index < -0.39 is 47.2 Å². The van der Waals surface area contributed by atoms with E-state index in [9.17, 15) is 19.5 Å². The number of allylic oxidation sites excluding steroid dienone is 2. The average Bonchev–Trinajstić information content (AvgIpc) is 3.08. The van der Waals surface area contributed by atoms with Gasteiger partial charge in [0.15, 0.2) is 0 Å². The first-order valence-corrected chi connectivity index (χ1v) is 10.1. The van der Waals surface area contributed by atoms with Crippen LogP contribution < -0.4 is 0 Å². The zero-order valence-corrected chi connectivity index (χ0v) is 17.9. The van der Waals surface area contributed by atoms with Crippen LogP contribution in [0.4, 0.5) is 0 Å². The van der Waals surface area contributed by atoms with Crippen LogP contribution in [0.25, 0.3) is 0 Å². The SMILES string of the molecule is C/C=C(/C)C(=O)O[C@H]1C[C@@](C)(O)[C@@H]2CC=C(C)[C@H]2[C@@H]2OC(=O)[C@@](C)(OC(C)=O)[C@@H]21. The summed E-state index contributed by atoms with van der Waals surface area (Å²) in [5, 5.41) is 11.3. The summed E-state index contributed by atoms with van der Waals surface area (Å²) in [5.41, 5.74) is -1.32. The van der Waals surface area contributed by atoms with Crippen LogP contribution in [0.1, 0.15) is 54.4 Å². The Labute approximate surface area is 171 Å². The summed E-state index contributed by atoms with van der Waals surface area (Å²) in [6.07, 6.45) is 2.93. The molecule has 29 heavy (non-hydrogen) atoms. The normalized spacial score (nSPS) is 41.6. The Morgan fingerprint density at radius 1 is 1.31 bits per heavy atom. The molecule has 1 saturated heterocycles. The van der Waals surface area contributed by atoms with Gasteiger partial charge in [0.05, 0.1) is 11.5 Å². The van der Waals surface area contributed by atoms with E-state index in [1.54, 1.807) is 26.8 Å². The van der Waals surface area contributed by atoms with Gasteiger partial charge < -0.3 is 19.3 Å². The van der Waals surface area contributed by atoms with E-state index in [0.717, 1.165) is 5.57 Å². The average molecular weight is 406 g/mol. The van der Waals surface area contributed by atoms with Gasteiger partial charge in [-0.15, -0.1) is 0 Å². The minimum Gasteiger partial charge on any atom is -0.458 e. The number of fused-ring (bicyclic) bond motifs is 3. The number of ether oxygens (including phenoxy) is 3. The third kappa shape index (κ3) is 3.50. The summed E-state index contributed by atoms with van der Waals surface area (Å²) < 4.78 is 17.0. The molecule has 2 fully saturated rings. The van der Waals surface area contributed by atoms with Crippen LogP contribution in [0.5, 0.6) is 0 Å². The van der Waals surface area contributed by atoms with Crippen molar-refractivity contribution in [3.05, 3.63) is 23.3 Å². The lowest BCUT2D eigenvalue weighted by Crippen LogP contribution is -2.50. The van der Waals surface area contributed by atoms with E-state index in [1.165, 1.54) is 13.8 Å². The molecule has 1 N–H and O–H groups in total. The molecule has 1 heterocycles. The molecule has 0 aromatic carbocycles. The predicted octanol–water partition coefficient (Wildman–Crippen LogP) is 2.46. The Balaban J connectivity index is 2.10. The fourth-order valence-corrected chi connectivity index (χ4v) is 5.23. The number of aliphatic hydroxyl groups is 1. The molecular weight excluding hydrogens is 376 g/mol. The molecule has 1 saturated carbocycles. The lowest BCUT2D eigenvalue weighted by Gasteiger charge is -2.35. The molecule has 0 bridgehead atoms. The first-order valence-electron chi connectivity index (χ1n) is 10.1. The number of hydrogen-bond acceptors (Lipinski definition) is 7. The van der Waals surface area contributed by atoms with Gasteiger partial charge in [-0.1, -0.05) is 17.7 Å². The van der Waals surface area contributed by atoms with E-state index in [4.69, 9.17) is 14.2 Å². The second kappa shape index (κ2) is 7.27. The van der Waals surface area contributed by atoms with Gasteiger partial charge in [-0.05, 0) is 41.0 Å². The molecular formula is C22H30O7. The van der Waals surface area contributed by atoms with Gasteiger partial charge >= 0.3 is 17.9 Å². The van der Waals surface area contributed by atoms with Crippen molar-refractivity contribution in [1.82, 2.24) is 0 Å². The second-order valence-corrected chi connectivity index (χ2v) is 8.89. The molecule has 0 unspecified atom stereocenters. The van der Waals surface area contributed by atoms with Crippen molar-refractivity contribution in [1.29, 1.82) is 0 Å². The van der Waals surface area contributed by atoms with E-state index in [0.29, 0.717) is 12.0 Å². The molecule has 3 rings (SSSR count). The van der Waals surface area contributed by atoms with Crippen LogP contribution in [0.3, 0.4) is 0 Å². The molecule has 0 amide bonds. The van der Waals surface area contributed by atoms with Crippen molar-refractivity contribution in [2.45, 2.75) is 77.8 Å². The molecule has 7 nitrogen and oxygen atoms in total. The van der Waals surface area contributed by atoms with Crippen molar-refractivity contribution in [3.8, 4) is 0 Å². The molecule has 2 aliphatic carbocycles. The van der Waals surface area contributed by atoms with E-state index >= 15 is 0 Å². The maximum Gasteiger partial charge on any atom is 0.351 e. The number of hydrogen-bond donors (Lipinski definition) is 1. The number of rotatable bonds is 3. The Morgan fingerprint density at radius 2 is 1.97 bits per heavy atom. The first-order chi connectivity index (χ1) is 13.4. The quantitative estimate of drug-likeness (QED) is 0.333. The molecule has 0 spiro atoms. The highest BCUT2D eigenvalue weighted by Crippen LogP contribution is 2.54. The monoisotopic (exact) mass is 406 g/mol. The highest BCUT2D eigenvalue weighted by molar-refractivity contribution is 5.88. The lowest BCUT2D eigenvalue weighted by atomic mass is 9.75. The molecule has 1 aliphatic heterocycles. The first kappa shape index (κ1) is 21.6. The number of carbonyl (C=O) groups is 3. The third-order valence-corrected chi connectivity index (χ3v) is 6.83. The van der Waals surface area contributed by atoms with E-state index in [-0.39, 0.29) is 18.3 Å². The molecule has 160 valence electrons. The van der Waals surface area contributed by atoms with Gasteiger partial charge in [-0.25, -0.2) is 9.59 Å². The summed E-state index contributed by atoms with van der Waals surface area (Å²) >= 11 is 0. The lowest BCUT2D eigenvalue weighted by molar-refractivity contribution is -0.179. The number of esters is 3. The van der Waals surface area contributed by atoms with Gasteiger partial charge in [-0.2, -0.15) is 0 Å². The Hall–Kier alpha value is -2.15. The molecule has 3 aliphatic rings. The minimum atomic E-state index is -1.60. The maximum atomic E-state index is 12.9. The van der Waals surface area contributed by atoms with Crippen LogP contribution >= 0.6 is 0 Å². The van der Waals surface area contributed by atoms with Crippen LogP contribution in [0.15, 0.2) is 23.3 Å². The van der Waals surface area contributed by atoms with Gasteiger partial charge in [0.2, 0.25) is 5.60 Å². The van der Waals surface area contributed by atoms with Crippen molar-refractivity contribution < 1.29 is 33.7 Å². The van der Waals surface area contributed by atoms with Crippen molar-refractivity contribution in [2.75, 3.05) is 0 Å². The molecule has 7 atom stereocenters. The highest BCUT2D eigenvalue weighted by Gasteiger charge is 2.67. The van der Waals surface area contributed by atoms with Crippen LogP contribution in [-0.2, 0) is 28.6 Å². The van der Waals surface area contributed by atoms with E-state index in [2.05, 4.69) is 0 Å². The zero-order valence-electron chi connectivity index (χ0n) is 17.9. The minimum absolute atomic E-state index is 0.118. The fourth-order valence-electron chi connectivity index (χ4n) is 5.23. The fraction of sp³-hybridized carbons (Fsp3) is 0.682. The molecule has 7 heteroatoms. The van der Waals surface area contributed by atoms with Crippen LogP contribution in [0, 0.1) is 17.8 Å². The molecule has 0 aromatic heterocycles. The van der Waals surface area contributed by atoms with Crippen molar-refractivity contribution in [2.24, 2.45) is 17.8 Å². The Kier molecular flexibility index (Phi) is 5.41. The summed E-state index contributed by atoms with van der Waals surface area (Å²) in [6.45, 7) is 9.78. The Bertz CT molecular complexity index is 793. The zero-order chi connectivity index (χ0) is 21.7. The smallest absolute Gasteiger partial charge is 0.351 e. The van der Waals surface area contributed by atoms with Crippen LogP contribution in [-0.4, -0.2) is 46.4 Å². The van der Waals surface area contributed by atoms with Crippen LogP contribution in [0.2, 0.25) is 0 Å². The van der Waals surface area contributed by atoms with Crippen molar-refractivity contribution >= 4 is 17.9 Å². The second-order valence-electron chi connectivity index (χ2n) is 8.89. The molecule has 0 aromatic rings. The Morgan fingerprint density at radius 3 is 2.55 bits per heavy atom. The summed E-state index contributed by atoms with van der Waals surface area (Å²) in [7, 11) is 0.